The molecule has 3 N–H and O–H groups in total. The summed E-state index contributed by atoms with van der Waals surface area (Å²) in [6.45, 7) is 6.55. The Labute approximate surface area is 164 Å². The van der Waals surface area contributed by atoms with Gasteiger partial charge in [0.25, 0.3) is 5.69 Å². The third-order valence-electron chi connectivity index (χ3n) is 3.28. The normalized spacial score (nSPS) is 11.4. The number of guanidine groups is 1. The third-order valence-corrected chi connectivity index (χ3v) is 4.53. The van der Waals surface area contributed by atoms with E-state index in [-0.39, 0.29) is 34.4 Å². The molecular formula is C15H26IN5O2S. The van der Waals surface area contributed by atoms with Crippen molar-refractivity contribution in [3.8, 4) is 0 Å². The number of benzene rings is 1. The number of nitro benzene ring substituents is 1. The molecule has 0 aliphatic carbocycles. The molecule has 1 rings (SSSR count). The van der Waals surface area contributed by atoms with Crippen LogP contribution in [0.5, 0.6) is 0 Å². The van der Waals surface area contributed by atoms with E-state index in [0.29, 0.717) is 13.1 Å². The van der Waals surface area contributed by atoms with E-state index in [1.807, 2.05) is 0 Å². The zero-order chi connectivity index (χ0) is 17.3. The molecule has 0 aliphatic heterocycles. The van der Waals surface area contributed by atoms with E-state index in [2.05, 4.69) is 41.0 Å². The van der Waals surface area contributed by atoms with Crippen molar-refractivity contribution in [1.29, 1.82) is 0 Å². The van der Waals surface area contributed by atoms with Gasteiger partial charge in [0, 0.05) is 49.2 Å². The second-order valence-electron chi connectivity index (χ2n) is 5.55. The van der Waals surface area contributed by atoms with Crippen LogP contribution in [0.3, 0.4) is 0 Å². The first-order valence-corrected chi connectivity index (χ1v) is 8.58. The molecule has 0 aliphatic rings. The second kappa shape index (κ2) is 11.3. The monoisotopic (exact) mass is 467 g/mol. The summed E-state index contributed by atoms with van der Waals surface area (Å²) in [5, 5.41) is 20.3. The summed E-state index contributed by atoms with van der Waals surface area (Å²) >= 11 is 1.80. The number of halogens is 1. The molecule has 0 saturated heterocycles. The van der Waals surface area contributed by atoms with E-state index in [4.69, 9.17) is 0 Å². The molecule has 7 nitrogen and oxygen atoms in total. The smallest absolute Gasteiger partial charge is 0.269 e. The van der Waals surface area contributed by atoms with Crippen LogP contribution in [0.15, 0.2) is 29.3 Å². The number of nitrogens with zero attached hydrogens (tertiary/aromatic N) is 2. The maximum atomic E-state index is 10.6. The van der Waals surface area contributed by atoms with Gasteiger partial charge in [-0.2, -0.15) is 11.8 Å². The summed E-state index contributed by atoms with van der Waals surface area (Å²) in [6.07, 6.45) is 2.09. The number of rotatable bonds is 8. The fraction of sp³-hybridized carbons (Fsp3) is 0.533. The molecule has 0 fully saturated rings. The van der Waals surface area contributed by atoms with Crippen LogP contribution in [-0.2, 0) is 0 Å². The molecule has 1 aromatic rings. The zero-order valence-corrected chi connectivity index (χ0v) is 17.6. The lowest BCUT2D eigenvalue weighted by atomic mass is 10.2. The van der Waals surface area contributed by atoms with E-state index in [9.17, 15) is 10.1 Å². The maximum Gasteiger partial charge on any atom is 0.269 e. The molecule has 0 amide bonds. The lowest BCUT2D eigenvalue weighted by molar-refractivity contribution is -0.384. The number of non-ortho nitro benzene ring substituents is 1. The zero-order valence-electron chi connectivity index (χ0n) is 14.5. The Morgan fingerprint density at radius 1 is 1.25 bits per heavy atom. The Balaban J connectivity index is 0.00000529. The largest absolute Gasteiger partial charge is 0.383 e. The minimum absolute atomic E-state index is 0. The summed E-state index contributed by atoms with van der Waals surface area (Å²) in [5.74, 6) is 0.762. The first-order chi connectivity index (χ1) is 10.9. The van der Waals surface area contributed by atoms with Gasteiger partial charge < -0.3 is 16.0 Å². The van der Waals surface area contributed by atoms with Crippen LogP contribution in [-0.4, -0.2) is 48.6 Å². The summed E-state index contributed by atoms with van der Waals surface area (Å²) in [5.41, 5.74) is 0.943. The molecule has 0 bridgehead atoms. The van der Waals surface area contributed by atoms with Gasteiger partial charge in [0.15, 0.2) is 5.96 Å². The van der Waals surface area contributed by atoms with Gasteiger partial charge in [-0.25, -0.2) is 0 Å². The van der Waals surface area contributed by atoms with Gasteiger partial charge >= 0.3 is 0 Å². The Morgan fingerprint density at radius 2 is 1.88 bits per heavy atom. The van der Waals surface area contributed by atoms with Crippen LogP contribution in [0, 0.1) is 10.1 Å². The molecule has 9 heteroatoms. The minimum Gasteiger partial charge on any atom is -0.383 e. The van der Waals surface area contributed by atoms with Gasteiger partial charge in [-0.1, -0.05) is 0 Å². The Morgan fingerprint density at radius 3 is 2.38 bits per heavy atom. The quantitative estimate of drug-likeness (QED) is 0.136. The maximum absolute atomic E-state index is 10.6. The Bertz CT molecular complexity index is 537. The molecule has 0 heterocycles. The number of hydrogen-bond acceptors (Lipinski definition) is 5. The number of thioether (sulfide) groups is 1. The highest BCUT2D eigenvalue weighted by Crippen LogP contribution is 2.19. The molecule has 0 aromatic heterocycles. The summed E-state index contributed by atoms with van der Waals surface area (Å²) < 4.78 is 0.147. The molecule has 0 saturated carbocycles. The number of nitro groups is 1. The fourth-order valence-corrected chi connectivity index (χ4v) is 1.89. The number of anilines is 1. The number of nitrogens with one attached hydrogen (secondary N) is 3. The van der Waals surface area contributed by atoms with Gasteiger partial charge in [0.05, 0.1) is 4.92 Å². The standard InChI is InChI=1S/C15H25N5O2S.HI/c1-15(2,23-4)11-19-14(16-3)18-10-9-17-12-5-7-13(8-6-12)20(21)22;/h5-8,17H,9-11H2,1-4H3,(H2,16,18,19);1H. The fourth-order valence-electron chi connectivity index (χ4n) is 1.68. The minimum atomic E-state index is -0.406. The van der Waals surface area contributed by atoms with Crippen molar-refractivity contribution >= 4 is 53.1 Å². The predicted octanol–water partition coefficient (Wildman–Crippen LogP) is 2.93. The molecule has 24 heavy (non-hydrogen) atoms. The van der Waals surface area contributed by atoms with Crippen molar-refractivity contribution in [2.75, 3.05) is 38.3 Å². The van der Waals surface area contributed by atoms with E-state index in [1.165, 1.54) is 12.1 Å². The van der Waals surface area contributed by atoms with Gasteiger partial charge in [-0.3, -0.25) is 15.1 Å². The van der Waals surface area contributed by atoms with Crippen LogP contribution in [0.4, 0.5) is 11.4 Å². The summed E-state index contributed by atoms with van der Waals surface area (Å²) in [7, 11) is 1.74. The van der Waals surface area contributed by atoms with Crippen LogP contribution in [0.25, 0.3) is 0 Å². The number of hydrogen-bond donors (Lipinski definition) is 3. The molecule has 1 aromatic carbocycles. The van der Waals surface area contributed by atoms with Crippen molar-refractivity contribution < 1.29 is 4.92 Å². The molecule has 136 valence electrons. The van der Waals surface area contributed by atoms with E-state index in [0.717, 1.165) is 18.2 Å². The average molecular weight is 467 g/mol. The van der Waals surface area contributed by atoms with Crippen LogP contribution < -0.4 is 16.0 Å². The predicted molar refractivity (Wildman–Crippen MR) is 114 cm³/mol. The van der Waals surface area contributed by atoms with Gasteiger partial charge in [-0.15, -0.1) is 24.0 Å². The van der Waals surface area contributed by atoms with Gasteiger partial charge in [0.1, 0.15) is 0 Å². The van der Waals surface area contributed by atoms with Crippen LogP contribution in [0.1, 0.15) is 13.8 Å². The molecule has 0 radical (unpaired) electrons. The Kier molecular flexibility index (Phi) is 10.8. The highest BCUT2D eigenvalue weighted by Gasteiger charge is 2.15. The van der Waals surface area contributed by atoms with Crippen molar-refractivity contribution in [2.45, 2.75) is 18.6 Å². The first-order valence-electron chi connectivity index (χ1n) is 7.36. The molecule has 0 unspecified atom stereocenters. The van der Waals surface area contributed by atoms with Gasteiger partial charge in [-0.05, 0) is 32.2 Å². The van der Waals surface area contributed by atoms with Crippen molar-refractivity contribution in [1.82, 2.24) is 10.6 Å². The van der Waals surface area contributed by atoms with Crippen molar-refractivity contribution in [3.63, 3.8) is 0 Å². The van der Waals surface area contributed by atoms with E-state index >= 15 is 0 Å². The van der Waals surface area contributed by atoms with Crippen LogP contribution >= 0.6 is 35.7 Å². The average Bonchev–Trinajstić information content (AvgIpc) is 2.54. The highest BCUT2D eigenvalue weighted by molar-refractivity contribution is 14.0. The summed E-state index contributed by atoms with van der Waals surface area (Å²) in [4.78, 5) is 14.4. The van der Waals surface area contributed by atoms with Crippen molar-refractivity contribution in [3.05, 3.63) is 34.4 Å². The SMILES string of the molecule is CN=C(NCCNc1ccc([N+](=O)[O-])cc1)NCC(C)(C)SC.I. The lowest BCUT2D eigenvalue weighted by Crippen LogP contribution is -2.44. The highest BCUT2D eigenvalue weighted by atomic mass is 127. The number of aliphatic imine (C=N–C) groups is 1. The molecular weight excluding hydrogens is 441 g/mol. The Hall–Kier alpha value is -1.23. The third kappa shape index (κ3) is 8.57. The van der Waals surface area contributed by atoms with Crippen molar-refractivity contribution in [2.24, 2.45) is 4.99 Å². The lowest BCUT2D eigenvalue weighted by Gasteiger charge is -2.23. The van der Waals surface area contributed by atoms with Gasteiger partial charge in [0.2, 0.25) is 0 Å². The molecule has 0 spiro atoms. The second-order valence-corrected chi connectivity index (χ2v) is 7.06. The molecule has 0 atom stereocenters. The van der Waals surface area contributed by atoms with Crippen LogP contribution in [0.2, 0.25) is 0 Å². The topological polar surface area (TPSA) is 91.6 Å². The first kappa shape index (κ1) is 22.8. The van der Waals surface area contributed by atoms with E-state index < -0.39 is 4.92 Å². The summed E-state index contributed by atoms with van der Waals surface area (Å²) in [6, 6.07) is 6.37. The van der Waals surface area contributed by atoms with E-state index in [1.54, 1.807) is 30.9 Å².